The van der Waals surface area contributed by atoms with E-state index in [0.717, 1.165) is 36.8 Å². The second kappa shape index (κ2) is 11.4. The fourth-order valence-electron chi connectivity index (χ4n) is 3.86. The van der Waals surface area contributed by atoms with Gasteiger partial charge in [0, 0.05) is 19.6 Å². The molecule has 0 unspecified atom stereocenters. The SMILES string of the molecule is C=C(Nc1cc(CC)cc(OC)c1OC)C(=O)NCc1ccc(S(=O)(=O)N2CCCCC2)cc1. The lowest BCUT2D eigenvalue weighted by Crippen LogP contribution is -2.35. The van der Waals surface area contributed by atoms with Crippen molar-refractivity contribution in [3.63, 3.8) is 0 Å². The molecule has 0 radical (unpaired) electrons. The van der Waals surface area contributed by atoms with Crippen LogP contribution in [0.25, 0.3) is 0 Å². The first-order valence-corrected chi connectivity index (χ1v) is 12.8. The Balaban J connectivity index is 1.62. The zero-order valence-electron chi connectivity index (χ0n) is 20.0. The van der Waals surface area contributed by atoms with E-state index in [1.54, 1.807) is 35.7 Å². The maximum atomic E-state index is 12.8. The minimum atomic E-state index is -3.48. The van der Waals surface area contributed by atoms with Gasteiger partial charge in [-0.3, -0.25) is 4.79 Å². The molecule has 3 rings (SSSR count). The Bertz CT molecular complexity index is 1120. The van der Waals surface area contributed by atoms with Gasteiger partial charge in [-0.05, 0) is 54.7 Å². The third-order valence-electron chi connectivity index (χ3n) is 5.84. The van der Waals surface area contributed by atoms with Crippen molar-refractivity contribution in [3.8, 4) is 11.5 Å². The number of hydrogen-bond acceptors (Lipinski definition) is 6. The zero-order chi connectivity index (χ0) is 24.7. The van der Waals surface area contributed by atoms with E-state index in [1.165, 1.54) is 7.11 Å². The van der Waals surface area contributed by atoms with Gasteiger partial charge in [-0.15, -0.1) is 0 Å². The van der Waals surface area contributed by atoms with Gasteiger partial charge in [0.15, 0.2) is 11.5 Å². The Labute approximate surface area is 202 Å². The van der Waals surface area contributed by atoms with Crippen LogP contribution in [0, 0.1) is 0 Å². The van der Waals surface area contributed by atoms with Crippen molar-refractivity contribution >= 4 is 21.6 Å². The topological polar surface area (TPSA) is 97.0 Å². The summed E-state index contributed by atoms with van der Waals surface area (Å²) in [5, 5.41) is 5.82. The molecule has 0 bridgehead atoms. The van der Waals surface area contributed by atoms with Crippen LogP contribution in [0.4, 0.5) is 5.69 Å². The van der Waals surface area contributed by atoms with Crippen LogP contribution in [0.15, 0.2) is 53.6 Å². The van der Waals surface area contributed by atoms with Crippen molar-refractivity contribution in [2.24, 2.45) is 0 Å². The number of rotatable bonds is 10. The summed E-state index contributed by atoms with van der Waals surface area (Å²) in [6.45, 7) is 7.23. The Hall–Kier alpha value is -3.04. The number of nitrogens with one attached hydrogen (secondary N) is 2. The molecule has 1 saturated heterocycles. The van der Waals surface area contributed by atoms with Crippen LogP contribution in [-0.2, 0) is 27.8 Å². The van der Waals surface area contributed by atoms with Crippen molar-refractivity contribution in [2.45, 2.75) is 44.0 Å². The summed E-state index contributed by atoms with van der Waals surface area (Å²) < 4.78 is 38.0. The highest BCUT2D eigenvalue weighted by Crippen LogP contribution is 2.37. The van der Waals surface area contributed by atoms with Gasteiger partial charge in [0.05, 0.1) is 30.5 Å². The average molecular weight is 488 g/mol. The summed E-state index contributed by atoms with van der Waals surface area (Å²) in [6, 6.07) is 10.4. The van der Waals surface area contributed by atoms with Gasteiger partial charge >= 0.3 is 0 Å². The van der Waals surface area contributed by atoms with Crippen molar-refractivity contribution in [1.29, 1.82) is 0 Å². The van der Waals surface area contributed by atoms with Crippen LogP contribution in [0.5, 0.6) is 11.5 Å². The molecular weight excluding hydrogens is 454 g/mol. The van der Waals surface area contributed by atoms with Crippen molar-refractivity contribution < 1.29 is 22.7 Å². The number of piperidine rings is 1. The summed E-state index contributed by atoms with van der Waals surface area (Å²) in [6.07, 6.45) is 3.64. The number of carbonyl (C=O) groups is 1. The zero-order valence-corrected chi connectivity index (χ0v) is 20.8. The first-order valence-electron chi connectivity index (χ1n) is 11.4. The molecule has 0 aliphatic carbocycles. The summed E-state index contributed by atoms with van der Waals surface area (Å²) in [7, 11) is -0.381. The van der Waals surface area contributed by atoms with Crippen LogP contribution in [0.2, 0.25) is 0 Å². The largest absolute Gasteiger partial charge is 0.493 e. The number of sulfonamides is 1. The molecule has 0 saturated carbocycles. The lowest BCUT2D eigenvalue weighted by molar-refractivity contribution is -0.117. The van der Waals surface area contributed by atoms with Crippen LogP contribution in [-0.4, -0.2) is 45.9 Å². The van der Waals surface area contributed by atoms with E-state index in [0.29, 0.717) is 30.3 Å². The number of nitrogens with zero attached hydrogens (tertiary/aromatic N) is 1. The molecule has 1 aliphatic rings. The second-order valence-electron chi connectivity index (χ2n) is 8.13. The molecular formula is C25H33N3O5S. The number of methoxy groups -OCH3 is 2. The maximum Gasteiger partial charge on any atom is 0.267 e. The van der Waals surface area contributed by atoms with Crippen molar-refractivity contribution in [1.82, 2.24) is 9.62 Å². The van der Waals surface area contributed by atoms with E-state index in [4.69, 9.17) is 9.47 Å². The number of benzene rings is 2. The van der Waals surface area contributed by atoms with Crippen LogP contribution in [0.1, 0.15) is 37.3 Å². The van der Waals surface area contributed by atoms with E-state index in [2.05, 4.69) is 17.2 Å². The van der Waals surface area contributed by atoms with Gasteiger partial charge in [-0.25, -0.2) is 8.42 Å². The van der Waals surface area contributed by atoms with E-state index < -0.39 is 10.0 Å². The van der Waals surface area contributed by atoms with Gasteiger partial charge in [0.2, 0.25) is 10.0 Å². The molecule has 1 amide bonds. The monoisotopic (exact) mass is 487 g/mol. The molecule has 1 aliphatic heterocycles. The Kier molecular flexibility index (Phi) is 8.57. The molecule has 9 heteroatoms. The van der Waals surface area contributed by atoms with E-state index in [9.17, 15) is 13.2 Å². The third kappa shape index (κ3) is 5.90. The van der Waals surface area contributed by atoms with E-state index in [1.807, 2.05) is 19.1 Å². The third-order valence-corrected chi connectivity index (χ3v) is 7.75. The number of aryl methyl sites for hydroxylation is 1. The van der Waals surface area contributed by atoms with E-state index >= 15 is 0 Å². The van der Waals surface area contributed by atoms with Gasteiger partial charge in [-0.2, -0.15) is 4.31 Å². The Morgan fingerprint density at radius 2 is 1.71 bits per heavy atom. The summed E-state index contributed by atoms with van der Waals surface area (Å²) in [4.78, 5) is 12.9. The first-order chi connectivity index (χ1) is 16.3. The van der Waals surface area contributed by atoms with Crippen molar-refractivity contribution in [3.05, 3.63) is 59.8 Å². The fourth-order valence-corrected chi connectivity index (χ4v) is 5.38. The lowest BCUT2D eigenvalue weighted by atomic mass is 10.1. The maximum absolute atomic E-state index is 12.8. The molecule has 2 aromatic carbocycles. The summed E-state index contributed by atoms with van der Waals surface area (Å²) in [5.41, 5.74) is 2.54. The second-order valence-corrected chi connectivity index (χ2v) is 10.1. The number of carbonyl (C=O) groups excluding carboxylic acids is 1. The number of amides is 1. The van der Waals surface area contributed by atoms with Gasteiger partial charge in [0.25, 0.3) is 5.91 Å². The average Bonchev–Trinajstić information content (AvgIpc) is 2.87. The van der Waals surface area contributed by atoms with Gasteiger partial charge in [0.1, 0.15) is 0 Å². The molecule has 0 aromatic heterocycles. The predicted octanol–water partition coefficient (Wildman–Crippen LogP) is 3.68. The lowest BCUT2D eigenvalue weighted by Gasteiger charge is -2.25. The smallest absolute Gasteiger partial charge is 0.267 e. The summed E-state index contributed by atoms with van der Waals surface area (Å²) in [5.74, 6) is 0.671. The van der Waals surface area contributed by atoms with Crippen LogP contribution < -0.4 is 20.1 Å². The minimum absolute atomic E-state index is 0.151. The minimum Gasteiger partial charge on any atom is -0.493 e. The molecule has 0 spiro atoms. The first kappa shape index (κ1) is 25.6. The van der Waals surface area contributed by atoms with E-state index in [-0.39, 0.29) is 23.0 Å². The molecule has 1 fully saturated rings. The highest BCUT2D eigenvalue weighted by molar-refractivity contribution is 7.89. The summed E-state index contributed by atoms with van der Waals surface area (Å²) >= 11 is 0. The quantitative estimate of drug-likeness (QED) is 0.496. The Morgan fingerprint density at radius 3 is 2.29 bits per heavy atom. The highest BCUT2D eigenvalue weighted by Gasteiger charge is 2.25. The molecule has 2 aromatic rings. The van der Waals surface area contributed by atoms with Gasteiger partial charge < -0.3 is 20.1 Å². The number of hydrogen-bond donors (Lipinski definition) is 2. The highest BCUT2D eigenvalue weighted by atomic mass is 32.2. The van der Waals surface area contributed by atoms with Gasteiger partial charge in [-0.1, -0.05) is 32.1 Å². The molecule has 0 atom stereocenters. The predicted molar refractivity (Wildman–Crippen MR) is 133 cm³/mol. The fraction of sp³-hybridized carbons (Fsp3) is 0.400. The standard InChI is InChI=1S/C25H33N3O5S/c1-5-19-15-22(24(33-4)23(16-19)32-3)27-18(2)25(29)26-17-20-9-11-21(12-10-20)34(30,31)28-13-7-6-8-14-28/h9-12,15-16,27H,2,5-8,13-14,17H2,1,3-4H3,(H,26,29). The molecule has 34 heavy (non-hydrogen) atoms. The number of anilines is 1. The Morgan fingerprint density at radius 1 is 1.03 bits per heavy atom. The molecule has 1 heterocycles. The van der Waals surface area contributed by atoms with Crippen LogP contribution in [0.3, 0.4) is 0 Å². The normalized spacial score (nSPS) is 14.3. The number of ether oxygens (including phenoxy) is 2. The molecule has 2 N–H and O–H groups in total. The molecule has 8 nitrogen and oxygen atoms in total. The van der Waals surface area contributed by atoms with Crippen molar-refractivity contribution in [2.75, 3.05) is 32.6 Å². The molecule has 184 valence electrons. The van der Waals surface area contributed by atoms with Crippen LogP contribution >= 0.6 is 0 Å².